The molecule has 52 heavy (non-hydrogen) atoms. The van der Waals surface area contributed by atoms with Crippen molar-refractivity contribution in [2.45, 2.75) is 24.9 Å². The van der Waals surface area contributed by atoms with E-state index in [9.17, 15) is 19.2 Å². The van der Waals surface area contributed by atoms with E-state index >= 15 is 0 Å². The highest BCUT2D eigenvalue weighted by atomic mass is 16.5. The van der Waals surface area contributed by atoms with Crippen molar-refractivity contribution in [3.8, 4) is 11.5 Å². The Bertz CT molecular complexity index is 1980. The smallest absolute Gasteiger partial charge is 0.272 e. The fourth-order valence-electron chi connectivity index (χ4n) is 5.69. The van der Waals surface area contributed by atoms with E-state index < -0.39 is 23.9 Å². The summed E-state index contributed by atoms with van der Waals surface area (Å²) in [6, 6.07) is 32.2. The van der Waals surface area contributed by atoms with Gasteiger partial charge in [-0.25, -0.2) is 0 Å². The van der Waals surface area contributed by atoms with Gasteiger partial charge in [-0.3, -0.25) is 23.9 Å². The number of nitrogens with one attached hydrogen (secondary N) is 2. The van der Waals surface area contributed by atoms with Gasteiger partial charge in [0.05, 0.1) is 14.2 Å². The quantitative estimate of drug-likeness (QED) is 0.175. The summed E-state index contributed by atoms with van der Waals surface area (Å²) in [6.45, 7) is 0. The molecule has 0 saturated heterocycles. The third kappa shape index (κ3) is 9.02. The zero-order valence-electron chi connectivity index (χ0n) is 29.8. The van der Waals surface area contributed by atoms with Gasteiger partial charge in [0.15, 0.2) is 5.69 Å². The molecule has 12 heteroatoms. The van der Waals surface area contributed by atoms with Crippen LogP contribution in [0.3, 0.4) is 0 Å². The molecule has 4 aromatic carbocycles. The molecule has 5 rings (SSSR count). The number of amides is 4. The molecule has 2 atom stereocenters. The predicted molar refractivity (Wildman–Crippen MR) is 199 cm³/mol. The molecule has 0 aliphatic heterocycles. The van der Waals surface area contributed by atoms with Crippen LogP contribution >= 0.6 is 0 Å². The Balaban J connectivity index is 1.35. The lowest BCUT2D eigenvalue weighted by Crippen LogP contribution is -2.49. The lowest BCUT2D eigenvalue weighted by Gasteiger charge is -2.25. The minimum atomic E-state index is -0.956. The minimum Gasteiger partial charge on any atom is -0.497 e. The Labute approximate surface area is 303 Å². The summed E-state index contributed by atoms with van der Waals surface area (Å²) in [7, 11) is 7.94. The summed E-state index contributed by atoms with van der Waals surface area (Å²) in [6.07, 6.45) is 0.444. The normalized spacial score (nSPS) is 11.9. The average molecular weight is 703 g/mol. The summed E-state index contributed by atoms with van der Waals surface area (Å²) >= 11 is 0. The van der Waals surface area contributed by atoms with Crippen molar-refractivity contribution < 1.29 is 28.7 Å². The molecule has 12 nitrogen and oxygen atoms in total. The van der Waals surface area contributed by atoms with Crippen LogP contribution < -0.4 is 29.9 Å². The van der Waals surface area contributed by atoms with Crippen LogP contribution in [0.5, 0.6) is 11.5 Å². The minimum absolute atomic E-state index is 0.0596. The highest BCUT2D eigenvalue weighted by molar-refractivity contribution is 6.04. The van der Waals surface area contributed by atoms with Gasteiger partial charge in [0.2, 0.25) is 11.8 Å². The van der Waals surface area contributed by atoms with E-state index in [0.717, 1.165) is 11.1 Å². The molecule has 1 heterocycles. The first-order valence-corrected chi connectivity index (χ1v) is 16.6. The number of rotatable bonds is 14. The topological polar surface area (TPSA) is 135 Å². The number of ether oxygens (including phenoxy) is 2. The highest BCUT2D eigenvalue weighted by Gasteiger charge is 2.30. The number of anilines is 2. The molecule has 0 spiro atoms. The maximum atomic E-state index is 13.8. The Morgan fingerprint density at radius 1 is 0.635 bits per heavy atom. The van der Waals surface area contributed by atoms with Gasteiger partial charge in [0, 0.05) is 51.4 Å². The van der Waals surface area contributed by atoms with Crippen molar-refractivity contribution in [2.24, 2.45) is 7.05 Å². The second-order valence-electron chi connectivity index (χ2n) is 12.2. The van der Waals surface area contributed by atoms with Crippen molar-refractivity contribution in [3.05, 3.63) is 138 Å². The van der Waals surface area contributed by atoms with Crippen molar-refractivity contribution >= 4 is 35.0 Å². The van der Waals surface area contributed by atoms with Gasteiger partial charge in [-0.15, -0.1) is 0 Å². The summed E-state index contributed by atoms with van der Waals surface area (Å²) < 4.78 is 11.8. The summed E-state index contributed by atoms with van der Waals surface area (Å²) in [5.41, 5.74) is 2.93. The monoisotopic (exact) mass is 702 g/mol. The van der Waals surface area contributed by atoms with Gasteiger partial charge in [-0.1, -0.05) is 60.7 Å². The van der Waals surface area contributed by atoms with Gasteiger partial charge in [0.25, 0.3) is 11.8 Å². The van der Waals surface area contributed by atoms with Crippen LogP contribution in [0, 0.1) is 0 Å². The van der Waals surface area contributed by atoms with Gasteiger partial charge in [-0.05, 0) is 59.7 Å². The summed E-state index contributed by atoms with van der Waals surface area (Å²) in [5, 5.41) is 10.0. The largest absolute Gasteiger partial charge is 0.497 e. The maximum absolute atomic E-state index is 13.8. The third-order valence-corrected chi connectivity index (χ3v) is 8.70. The Morgan fingerprint density at radius 3 is 1.44 bits per heavy atom. The molecule has 0 fully saturated rings. The maximum Gasteiger partial charge on any atom is 0.272 e. The lowest BCUT2D eigenvalue weighted by atomic mass is 10.0. The van der Waals surface area contributed by atoms with Crippen LogP contribution in [-0.4, -0.2) is 73.8 Å². The fourth-order valence-corrected chi connectivity index (χ4v) is 5.69. The molecule has 1 aromatic heterocycles. The molecule has 2 N–H and O–H groups in total. The van der Waals surface area contributed by atoms with Gasteiger partial charge >= 0.3 is 0 Å². The van der Waals surface area contributed by atoms with E-state index in [2.05, 4.69) is 15.7 Å². The zero-order valence-corrected chi connectivity index (χ0v) is 29.8. The van der Waals surface area contributed by atoms with Crippen molar-refractivity contribution in [2.75, 3.05) is 38.1 Å². The van der Waals surface area contributed by atoms with Crippen molar-refractivity contribution in [1.82, 2.24) is 20.4 Å². The Morgan fingerprint density at radius 2 is 1.04 bits per heavy atom. The van der Waals surface area contributed by atoms with Crippen LogP contribution in [0.15, 0.2) is 115 Å². The number of likely N-dealkylation sites (N-methyl/N-ethyl adjacent to an activating group) is 2. The van der Waals surface area contributed by atoms with E-state index in [1.165, 1.54) is 27.6 Å². The first-order chi connectivity index (χ1) is 25.1. The second kappa shape index (κ2) is 17.0. The van der Waals surface area contributed by atoms with Crippen molar-refractivity contribution in [3.63, 3.8) is 0 Å². The van der Waals surface area contributed by atoms with Gasteiger partial charge in [0.1, 0.15) is 29.3 Å². The number of hydrogen-bond acceptors (Lipinski definition) is 7. The number of aromatic nitrogens is 2. The van der Waals surface area contributed by atoms with E-state index in [1.807, 2.05) is 60.7 Å². The highest BCUT2D eigenvalue weighted by Crippen LogP contribution is 2.21. The molecule has 268 valence electrons. The molecular weight excluding hydrogens is 660 g/mol. The van der Waals surface area contributed by atoms with Gasteiger partial charge in [-0.2, -0.15) is 5.10 Å². The number of methoxy groups -OCH3 is 2. The SMILES string of the molecule is COc1ccc(N(C)C(=O)C(Cc2ccccc2)NC(=O)c2cc(C(=O)N[C@@H](Cc3ccccc3)C(=O)N(C)c3ccc(OC)cc3)nn2C)cc1. The molecular formula is C40H42N6O6. The fraction of sp³-hybridized carbons (Fsp3) is 0.225. The van der Waals surface area contributed by atoms with Crippen LogP contribution in [0.2, 0.25) is 0 Å². The summed E-state index contributed by atoms with van der Waals surface area (Å²) in [4.78, 5) is 58.0. The number of carbonyl (C=O) groups is 4. The molecule has 0 aliphatic carbocycles. The second-order valence-corrected chi connectivity index (χ2v) is 12.2. The van der Waals surface area contributed by atoms with Crippen LogP contribution in [-0.2, 0) is 29.5 Å². The first-order valence-electron chi connectivity index (χ1n) is 16.6. The van der Waals surface area contributed by atoms with Crippen LogP contribution in [0.1, 0.15) is 32.1 Å². The standard InChI is InChI=1S/C40H42N6O6/c1-44(29-16-20-31(51-4)21-17-29)39(49)34(24-27-12-8-6-9-13-27)41-37(47)33-26-36(46(3)43-33)38(48)42-35(25-28-14-10-7-11-15-28)40(50)45(2)30-18-22-32(52-5)23-19-30/h6-23,26,34-35H,24-25H2,1-5H3,(H,41,47)(H,42,48)/t34-,35?/m0/s1. The van der Waals surface area contributed by atoms with Crippen LogP contribution in [0.25, 0.3) is 0 Å². The van der Waals surface area contributed by atoms with E-state index in [-0.39, 0.29) is 36.0 Å². The zero-order chi connectivity index (χ0) is 37.2. The molecule has 0 bridgehead atoms. The molecule has 0 aliphatic rings. The van der Waals surface area contributed by atoms with Crippen molar-refractivity contribution in [1.29, 1.82) is 0 Å². The number of benzene rings is 4. The number of aryl methyl sites for hydroxylation is 1. The van der Waals surface area contributed by atoms with E-state index in [4.69, 9.17) is 9.47 Å². The molecule has 0 saturated carbocycles. The summed E-state index contributed by atoms with van der Waals surface area (Å²) in [5.74, 6) is -0.625. The van der Waals surface area contributed by atoms with Gasteiger partial charge < -0.3 is 29.9 Å². The molecule has 1 unspecified atom stereocenters. The van der Waals surface area contributed by atoms with E-state index in [1.54, 1.807) is 76.8 Å². The van der Waals surface area contributed by atoms with Crippen LogP contribution in [0.4, 0.5) is 11.4 Å². The average Bonchev–Trinajstić information content (AvgIpc) is 3.58. The molecule has 0 radical (unpaired) electrons. The van der Waals surface area contributed by atoms with E-state index in [0.29, 0.717) is 22.9 Å². The third-order valence-electron chi connectivity index (χ3n) is 8.70. The Hall–Kier alpha value is -6.43. The lowest BCUT2D eigenvalue weighted by molar-refractivity contribution is -0.120. The number of hydrogen-bond donors (Lipinski definition) is 2. The number of carbonyl (C=O) groups excluding carboxylic acids is 4. The first kappa shape index (κ1) is 36.8. The predicted octanol–water partition coefficient (Wildman–Crippen LogP) is 4.45. The molecule has 4 amide bonds. The Kier molecular flexibility index (Phi) is 12.0. The number of nitrogens with zero attached hydrogens (tertiary/aromatic N) is 4. The molecule has 5 aromatic rings.